The van der Waals surface area contributed by atoms with Gasteiger partial charge in [0.1, 0.15) is 28.7 Å². The predicted octanol–water partition coefficient (Wildman–Crippen LogP) is 4.20. The molecule has 0 atom stereocenters. The number of ether oxygens (including phenoxy) is 1. The average Bonchev–Trinajstić information content (AvgIpc) is 3.54. The van der Waals surface area contributed by atoms with Crippen LogP contribution in [0.4, 0.5) is 14.6 Å². The Bertz CT molecular complexity index is 1160. The molecule has 0 aromatic carbocycles. The first-order valence-corrected chi connectivity index (χ1v) is 11.2. The minimum absolute atomic E-state index is 0.157. The molecule has 5 rings (SSSR count). The Balaban J connectivity index is 1.29. The molecule has 1 N–H and O–H groups in total. The van der Waals surface area contributed by atoms with E-state index in [1.165, 1.54) is 0 Å². The smallest absolute Gasteiger partial charge is 0.255 e. The molecule has 0 spiro atoms. The van der Waals surface area contributed by atoms with Crippen molar-refractivity contribution in [2.75, 3.05) is 11.9 Å². The number of hydrogen-bond donors (Lipinski definition) is 1. The predicted molar refractivity (Wildman–Crippen MR) is 116 cm³/mol. The molecule has 2 aromatic heterocycles. The van der Waals surface area contributed by atoms with E-state index in [1.807, 2.05) is 6.07 Å². The molecule has 0 radical (unpaired) electrons. The van der Waals surface area contributed by atoms with Crippen molar-refractivity contribution in [2.45, 2.75) is 62.8 Å². The third kappa shape index (κ3) is 4.44. The van der Waals surface area contributed by atoms with Gasteiger partial charge in [0.15, 0.2) is 0 Å². The minimum Gasteiger partial charge on any atom is -0.474 e. The van der Waals surface area contributed by atoms with Gasteiger partial charge in [-0.25, -0.2) is 18.7 Å². The van der Waals surface area contributed by atoms with Crippen LogP contribution in [0.1, 0.15) is 47.9 Å². The third-order valence-corrected chi connectivity index (χ3v) is 6.68. The van der Waals surface area contributed by atoms with Crippen molar-refractivity contribution in [3.05, 3.63) is 45.7 Å². The lowest BCUT2D eigenvalue weighted by atomic mass is 9.91. The summed E-state index contributed by atoms with van der Waals surface area (Å²) in [6.07, 6.45) is 2.81. The van der Waals surface area contributed by atoms with E-state index in [1.54, 1.807) is 12.3 Å². The van der Waals surface area contributed by atoms with Crippen LogP contribution in [0.3, 0.4) is 0 Å². The molecule has 3 aliphatic rings. The number of anilines is 1. The molecular formula is C23H21ClF2N6O. The quantitative estimate of drug-likeness (QED) is 0.631. The molecule has 2 saturated carbocycles. The van der Waals surface area contributed by atoms with Crippen molar-refractivity contribution in [1.82, 2.24) is 14.9 Å². The summed E-state index contributed by atoms with van der Waals surface area (Å²) in [5.41, 5.74) is 2.51. The van der Waals surface area contributed by atoms with Crippen molar-refractivity contribution >= 4 is 17.4 Å². The van der Waals surface area contributed by atoms with Gasteiger partial charge in [0.05, 0.1) is 11.6 Å². The van der Waals surface area contributed by atoms with Gasteiger partial charge in [-0.3, -0.25) is 4.90 Å². The molecule has 33 heavy (non-hydrogen) atoms. The molecule has 3 heterocycles. The zero-order valence-corrected chi connectivity index (χ0v) is 18.5. The highest BCUT2D eigenvalue weighted by molar-refractivity contribution is 6.30. The third-order valence-electron chi connectivity index (χ3n) is 6.41. The Morgan fingerprint density at radius 1 is 1.24 bits per heavy atom. The van der Waals surface area contributed by atoms with Gasteiger partial charge in [-0.15, -0.1) is 0 Å². The molecule has 7 nitrogen and oxygen atoms in total. The fourth-order valence-electron chi connectivity index (χ4n) is 4.32. The molecule has 10 heteroatoms. The summed E-state index contributed by atoms with van der Waals surface area (Å²) >= 11 is 6.27. The number of nitriles is 2. The van der Waals surface area contributed by atoms with Crippen LogP contribution in [0.15, 0.2) is 18.3 Å². The number of rotatable bonds is 6. The van der Waals surface area contributed by atoms with Crippen molar-refractivity contribution < 1.29 is 13.5 Å². The van der Waals surface area contributed by atoms with Gasteiger partial charge in [0.25, 0.3) is 5.92 Å². The highest BCUT2D eigenvalue weighted by Crippen LogP contribution is 2.41. The van der Waals surface area contributed by atoms with E-state index >= 15 is 0 Å². The molecule has 0 amide bonds. The monoisotopic (exact) mass is 470 g/mol. The van der Waals surface area contributed by atoms with E-state index in [0.717, 1.165) is 36.1 Å². The zero-order chi connectivity index (χ0) is 23.2. The van der Waals surface area contributed by atoms with Crippen LogP contribution in [0, 0.1) is 22.7 Å². The topological polar surface area (TPSA) is 97.9 Å². The Hall–Kier alpha value is -3.01. The maximum absolute atomic E-state index is 13.0. The molecule has 2 fully saturated rings. The Morgan fingerprint density at radius 2 is 2.03 bits per heavy atom. The molecule has 0 unspecified atom stereocenters. The summed E-state index contributed by atoms with van der Waals surface area (Å²) in [4.78, 5) is 10.9. The van der Waals surface area contributed by atoms with E-state index < -0.39 is 17.6 Å². The first-order valence-electron chi connectivity index (χ1n) is 10.8. The van der Waals surface area contributed by atoms with Gasteiger partial charge >= 0.3 is 0 Å². The minimum atomic E-state index is -2.63. The fourth-order valence-corrected chi connectivity index (χ4v) is 4.56. The molecule has 1 aliphatic heterocycles. The lowest BCUT2D eigenvalue weighted by Gasteiger charge is -2.34. The number of pyridine rings is 2. The van der Waals surface area contributed by atoms with Gasteiger partial charge in [0.2, 0.25) is 5.88 Å². The summed E-state index contributed by atoms with van der Waals surface area (Å²) < 4.78 is 31.5. The number of aromatic nitrogens is 2. The molecule has 0 bridgehead atoms. The normalized spacial score (nSPS) is 20.6. The van der Waals surface area contributed by atoms with Crippen LogP contribution < -0.4 is 10.1 Å². The van der Waals surface area contributed by atoms with E-state index in [-0.39, 0.29) is 18.0 Å². The highest BCUT2D eigenvalue weighted by atomic mass is 35.5. The van der Waals surface area contributed by atoms with Gasteiger partial charge in [0, 0.05) is 50.3 Å². The SMILES string of the molecule is N#Cc1c(Cl)nc(NC2(C#N)CC2)c2c1CCN(Cc1ccc(OC3CC(F)(F)C3)nc1)C2. The Labute approximate surface area is 194 Å². The maximum atomic E-state index is 13.0. The molecular weight excluding hydrogens is 450 g/mol. The Morgan fingerprint density at radius 3 is 2.64 bits per heavy atom. The lowest BCUT2D eigenvalue weighted by Crippen LogP contribution is -2.43. The molecule has 2 aromatic rings. The second-order valence-electron chi connectivity index (χ2n) is 8.98. The standard InChI is InChI=1S/C23H21ClF2N6O/c24-20-17(9-27)16-3-6-32(12-18(16)21(30-20)31-22(13-28)4-5-22)11-14-1-2-19(29-10-14)33-15-7-23(25,26)8-15/h1-2,10,15H,3-8,11-12H2,(H,30,31). The van der Waals surface area contributed by atoms with Crippen LogP contribution in [-0.4, -0.2) is 39.0 Å². The fraction of sp³-hybridized carbons (Fsp3) is 0.478. The second kappa shape index (κ2) is 8.09. The average molecular weight is 471 g/mol. The Kier molecular flexibility index (Phi) is 5.35. The van der Waals surface area contributed by atoms with E-state index in [4.69, 9.17) is 16.3 Å². The maximum Gasteiger partial charge on any atom is 0.255 e. The van der Waals surface area contributed by atoms with Gasteiger partial charge in [-0.1, -0.05) is 17.7 Å². The summed E-state index contributed by atoms with van der Waals surface area (Å²) in [5.74, 6) is -1.71. The second-order valence-corrected chi connectivity index (χ2v) is 9.34. The van der Waals surface area contributed by atoms with E-state index in [0.29, 0.717) is 36.8 Å². The highest BCUT2D eigenvalue weighted by Gasteiger charge is 2.47. The van der Waals surface area contributed by atoms with Crippen molar-refractivity contribution in [3.63, 3.8) is 0 Å². The number of hydrogen-bond acceptors (Lipinski definition) is 7. The largest absolute Gasteiger partial charge is 0.474 e. The first-order chi connectivity index (χ1) is 15.8. The number of fused-ring (bicyclic) bond motifs is 1. The van der Waals surface area contributed by atoms with Crippen LogP contribution in [0.5, 0.6) is 5.88 Å². The van der Waals surface area contributed by atoms with Crippen molar-refractivity contribution in [3.8, 4) is 18.0 Å². The number of alkyl halides is 2. The summed E-state index contributed by atoms with van der Waals surface area (Å²) in [7, 11) is 0. The van der Waals surface area contributed by atoms with Crippen molar-refractivity contribution in [1.29, 1.82) is 10.5 Å². The van der Waals surface area contributed by atoms with Crippen LogP contribution in [0.2, 0.25) is 5.15 Å². The zero-order valence-electron chi connectivity index (χ0n) is 17.7. The molecule has 170 valence electrons. The number of nitrogens with zero attached hydrogens (tertiary/aromatic N) is 5. The first kappa shape index (κ1) is 21.8. The van der Waals surface area contributed by atoms with Crippen LogP contribution >= 0.6 is 11.6 Å². The van der Waals surface area contributed by atoms with Gasteiger partial charge < -0.3 is 10.1 Å². The van der Waals surface area contributed by atoms with Crippen LogP contribution in [-0.2, 0) is 19.5 Å². The van der Waals surface area contributed by atoms with E-state index in [9.17, 15) is 19.3 Å². The summed E-state index contributed by atoms with van der Waals surface area (Å²) in [6.45, 7) is 1.88. The summed E-state index contributed by atoms with van der Waals surface area (Å²) in [6, 6.07) is 8.05. The molecule has 0 saturated heterocycles. The summed E-state index contributed by atoms with van der Waals surface area (Å²) in [5, 5.41) is 22.5. The van der Waals surface area contributed by atoms with E-state index in [2.05, 4.69) is 32.3 Å². The van der Waals surface area contributed by atoms with Crippen molar-refractivity contribution in [2.24, 2.45) is 0 Å². The van der Waals surface area contributed by atoms with Crippen LogP contribution in [0.25, 0.3) is 0 Å². The van der Waals surface area contributed by atoms with Gasteiger partial charge in [-0.2, -0.15) is 10.5 Å². The number of nitrogens with one attached hydrogen (secondary N) is 1. The molecule has 2 aliphatic carbocycles. The number of halogens is 3. The lowest BCUT2D eigenvalue weighted by molar-refractivity contribution is -0.135. The van der Waals surface area contributed by atoms with Gasteiger partial charge in [-0.05, 0) is 30.4 Å².